The van der Waals surface area contributed by atoms with Gasteiger partial charge in [-0.05, 0) is 42.6 Å². The molecule has 1 aromatic carbocycles. The van der Waals surface area contributed by atoms with Crippen LogP contribution >= 0.6 is 0 Å². The van der Waals surface area contributed by atoms with E-state index in [1.165, 1.54) is 5.56 Å². The lowest BCUT2D eigenvalue weighted by molar-refractivity contribution is -0.125. The quantitative estimate of drug-likeness (QED) is 0.583. The molecule has 0 radical (unpaired) electrons. The van der Waals surface area contributed by atoms with Crippen molar-refractivity contribution in [1.29, 1.82) is 0 Å². The lowest BCUT2D eigenvalue weighted by atomic mass is 9.82. The molecule has 0 heterocycles. The standard InChI is InChI=1S/C20H32O/c1-15(2)13-17(5)14-20(21)19(16(3)4)12-11-18-9-7-6-8-10-18/h6-10,15-17,19H,11-14H2,1-5H3/t17-,19+/m0/s1. The number of hydrogen-bond donors (Lipinski definition) is 0. The van der Waals surface area contributed by atoms with Crippen molar-refractivity contribution in [2.45, 2.75) is 60.3 Å². The van der Waals surface area contributed by atoms with Crippen molar-refractivity contribution in [1.82, 2.24) is 0 Å². The Kier molecular flexibility index (Phi) is 7.71. The molecule has 1 rings (SSSR count). The Bertz CT molecular complexity index is 405. The molecule has 0 amide bonds. The zero-order valence-corrected chi connectivity index (χ0v) is 14.4. The molecule has 0 aliphatic rings. The van der Waals surface area contributed by atoms with Crippen LogP contribution in [0.2, 0.25) is 0 Å². The average molecular weight is 288 g/mol. The molecule has 1 nitrogen and oxygen atoms in total. The molecule has 0 N–H and O–H groups in total. The van der Waals surface area contributed by atoms with Gasteiger partial charge in [-0.25, -0.2) is 0 Å². The minimum Gasteiger partial charge on any atom is -0.299 e. The first kappa shape index (κ1) is 17.9. The van der Waals surface area contributed by atoms with E-state index in [1.807, 2.05) is 6.07 Å². The second kappa shape index (κ2) is 9.02. The molecule has 0 bridgehead atoms. The van der Waals surface area contributed by atoms with Crippen molar-refractivity contribution in [3.8, 4) is 0 Å². The van der Waals surface area contributed by atoms with Crippen LogP contribution in [0.3, 0.4) is 0 Å². The molecule has 0 aliphatic heterocycles. The molecule has 0 saturated heterocycles. The van der Waals surface area contributed by atoms with E-state index in [1.54, 1.807) is 0 Å². The fraction of sp³-hybridized carbons (Fsp3) is 0.650. The van der Waals surface area contributed by atoms with E-state index in [0.717, 1.165) is 25.7 Å². The summed E-state index contributed by atoms with van der Waals surface area (Å²) in [7, 11) is 0. The summed E-state index contributed by atoms with van der Waals surface area (Å²) >= 11 is 0. The van der Waals surface area contributed by atoms with Gasteiger partial charge in [0.05, 0.1) is 0 Å². The largest absolute Gasteiger partial charge is 0.299 e. The summed E-state index contributed by atoms with van der Waals surface area (Å²) in [6.45, 7) is 11.0. The van der Waals surface area contributed by atoms with Crippen LogP contribution in [0.1, 0.15) is 59.4 Å². The number of ketones is 1. The fourth-order valence-corrected chi connectivity index (χ4v) is 3.22. The first-order valence-corrected chi connectivity index (χ1v) is 8.46. The minimum atomic E-state index is 0.208. The summed E-state index contributed by atoms with van der Waals surface area (Å²) in [5.41, 5.74) is 1.34. The van der Waals surface area contributed by atoms with E-state index in [-0.39, 0.29) is 5.92 Å². The number of Topliss-reactive ketones (excluding diaryl/α,β-unsaturated/α-hetero) is 1. The number of rotatable bonds is 9. The highest BCUT2D eigenvalue weighted by molar-refractivity contribution is 5.81. The van der Waals surface area contributed by atoms with Crippen LogP contribution in [0.25, 0.3) is 0 Å². The summed E-state index contributed by atoms with van der Waals surface area (Å²) in [5.74, 6) is 2.30. The highest BCUT2D eigenvalue weighted by atomic mass is 16.1. The lowest BCUT2D eigenvalue weighted by Gasteiger charge is -2.22. The summed E-state index contributed by atoms with van der Waals surface area (Å²) in [5, 5.41) is 0. The van der Waals surface area contributed by atoms with Crippen LogP contribution in [0.4, 0.5) is 0 Å². The second-order valence-electron chi connectivity index (χ2n) is 7.28. The Morgan fingerprint density at radius 3 is 2.14 bits per heavy atom. The zero-order chi connectivity index (χ0) is 15.8. The molecule has 118 valence electrons. The molecule has 2 atom stereocenters. The summed E-state index contributed by atoms with van der Waals surface area (Å²) in [6, 6.07) is 10.5. The van der Waals surface area contributed by atoms with Crippen molar-refractivity contribution in [2.75, 3.05) is 0 Å². The van der Waals surface area contributed by atoms with Gasteiger partial charge >= 0.3 is 0 Å². The maximum atomic E-state index is 12.6. The van der Waals surface area contributed by atoms with Crippen LogP contribution < -0.4 is 0 Å². The SMILES string of the molecule is CC(C)C[C@H](C)CC(=O)[C@H](CCc1ccccc1)C(C)C. The van der Waals surface area contributed by atoms with Gasteiger partial charge in [-0.2, -0.15) is 0 Å². The summed E-state index contributed by atoms with van der Waals surface area (Å²) in [6.07, 6.45) is 3.88. The van der Waals surface area contributed by atoms with Gasteiger partial charge in [-0.15, -0.1) is 0 Å². The molecule has 0 spiro atoms. The third-order valence-corrected chi connectivity index (χ3v) is 4.23. The Morgan fingerprint density at radius 2 is 1.62 bits per heavy atom. The number of hydrogen-bond acceptors (Lipinski definition) is 1. The number of aryl methyl sites for hydroxylation is 1. The third-order valence-electron chi connectivity index (χ3n) is 4.23. The van der Waals surface area contributed by atoms with Crippen LogP contribution in [-0.4, -0.2) is 5.78 Å². The Hall–Kier alpha value is -1.11. The normalized spacial score (nSPS) is 14.4. The van der Waals surface area contributed by atoms with E-state index in [9.17, 15) is 4.79 Å². The molecule has 1 aromatic rings. The lowest BCUT2D eigenvalue weighted by Crippen LogP contribution is -2.23. The van der Waals surface area contributed by atoms with Crippen LogP contribution in [0.15, 0.2) is 30.3 Å². The first-order chi connectivity index (χ1) is 9.90. The maximum absolute atomic E-state index is 12.6. The van der Waals surface area contributed by atoms with E-state index in [4.69, 9.17) is 0 Å². The monoisotopic (exact) mass is 288 g/mol. The first-order valence-electron chi connectivity index (χ1n) is 8.46. The van der Waals surface area contributed by atoms with E-state index < -0.39 is 0 Å². The average Bonchev–Trinajstić information content (AvgIpc) is 2.38. The molecule has 0 unspecified atom stereocenters. The third kappa shape index (κ3) is 6.93. The van der Waals surface area contributed by atoms with Gasteiger partial charge in [-0.3, -0.25) is 4.79 Å². The molecular formula is C20H32O. The zero-order valence-electron chi connectivity index (χ0n) is 14.4. The van der Waals surface area contributed by atoms with Crippen LogP contribution in [0.5, 0.6) is 0 Å². The highest BCUT2D eigenvalue weighted by Gasteiger charge is 2.23. The predicted octanol–water partition coefficient (Wildman–Crippen LogP) is 5.53. The van der Waals surface area contributed by atoms with Gasteiger partial charge in [0.25, 0.3) is 0 Å². The van der Waals surface area contributed by atoms with Gasteiger partial charge in [-0.1, -0.05) is 65.0 Å². The van der Waals surface area contributed by atoms with Crippen LogP contribution in [-0.2, 0) is 11.2 Å². The Balaban J connectivity index is 2.54. The summed E-state index contributed by atoms with van der Waals surface area (Å²) in [4.78, 5) is 12.6. The molecule has 0 fully saturated rings. The van der Waals surface area contributed by atoms with Crippen molar-refractivity contribution < 1.29 is 4.79 Å². The summed E-state index contributed by atoms with van der Waals surface area (Å²) < 4.78 is 0. The Labute approximate surface area is 131 Å². The van der Waals surface area contributed by atoms with Crippen molar-refractivity contribution in [3.05, 3.63) is 35.9 Å². The highest BCUT2D eigenvalue weighted by Crippen LogP contribution is 2.24. The topological polar surface area (TPSA) is 17.1 Å². The smallest absolute Gasteiger partial charge is 0.136 e. The van der Waals surface area contributed by atoms with Gasteiger partial charge in [0.2, 0.25) is 0 Å². The second-order valence-corrected chi connectivity index (χ2v) is 7.28. The fourth-order valence-electron chi connectivity index (χ4n) is 3.22. The van der Waals surface area contributed by atoms with Crippen molar-refractivity contribution in [2.24, 2.45) is 23.7 Å². The van der Waals surface area contributed by atoms with Crippen molar-refractivity contribution in [3.63, 3.8) is 0 Å². The van der Waals surface area contributed by atoms with Gasteiger partial charge in [0.15, 0.2) is 0 Å². The molecular weight excluding hydrogens is 256 g/mol. The number of carbonyl (C=O) groups excluding carboxylic acids is 1. The predicted molar refractivity (Wildman–Crippen MR) is 91.3 cm³/mol. The molecule has 1 heteroatoms. The number of carbonyl (C=O) groups is 1. The maximum Gasteiger partial charge on any atom is 0.136 e. The molecule has 0 aromatic heterocycles. The van der Waals surface area contributed by atoms with Crippen molar-refractivity contribution >= 4 is 5.78 Å². The van der Waals surface area contributed by atoms with E-state index in [2.05, 4.69) is 58.9 Å². The van der Waals surface area contributed by atoms with E-state index >= 15 is 0 Å². The number of benzene rings is 1. The van der Waals surface area contributed by atoms with Gasteiger partial charge < -0.3 is 0 Å². The molecule has 21 heavy (non-hydrogen) atoms. The molecule has 0 aliphatic carbocycles. The van der Waals surface area contributed by atoms with E-state index in [0.29, 0.717) is 23.5 Å². The minimum absolute atomic E-state index is 0.208. The van der Waals surface area contributed by atoms with Gasteiger partial charge in [0, 0.05) is 12.3 Å². The Morgan fingerprint density at radius 1 is 1.00 bits per heavy atom. The van der Waals surface area contributed by atoms with Gasteiger partial charge in [0.1, 0.15) is 5.78 Å². The molecule has 0 saturated carbocycles. The van der Waals surface area contributed by atoms with Crippen LogP contribution in [0, 0.1) is 23.7 Å².